The van der Waals surface area contributed by atoms with Gasteiger partial charge in [0.25, 0.3) is 0 Å². The van der Waals surface area contributed by atoms with Gasteiger partial charge in [-0.1, -0.05) is 11.6 Å². The molecule has 12 heavy (non-hydrogen) atoms. The average Bonchev–Trinajstić information content (AvgIpc) is 1.81. The van der Waals surface area contributed by atoms with Crippen LogP contribution in [0.15, 0.2) is 16.2 Å². The van der Waals surface area contributed by atoms with E-state index < -0.39 is 0 Å². The Morgan fingerprint density at radius 2 is 2.17 bits per heavy atom. The molecular weight excluding hydrogens is 199 g/mol. The normalized spacial score (nSPS) is 22.1. The van der Waals surface area contributed by atoms with Crippen LogP contribution in [0.25, 0.3) is 0 Å². The first-order valence-corrected chi connectivity index (χ1v) is 4.24. The molecule has 0 spiro atoms. The van der Waals surface area contributed by atoms with Gasteiger partial charge in [-0.25, -0.2) is 0 Å². The highest BCUT2D eigenvalue weighted by atomic mass is 35.5. The lowest BCUT2D eigenvalue weighted by molar-refractivity contribution is 0.337. The van der Waals surface area contributed by atoms with Crippen molar-refractivity contribution >= 4 is 29.2 Å². The molecule has 0 fully saturated rings. The van der Waals surface area contributed by atoms with Gasteiger partial charge in [0.15, 0.2) is 0 Å². The van der Waals surface area contributed by atoms with Crippen LogP contribution in [-0.4, -0.2) is 16.5 Å². The maximum absolute atomic E-state index is 5.69. The molecule has 0 bridgehead atoms. The molecule has 0 aromatic rings. The van der Waals surface area contributed by atoms with Crippen molar-refractivity contribution in [1.29, 1.82) is 0 Å². The highest BCUT2D eigenvalue weighted by Gasteiger charge is 2.10. The number of aliphatic imine (C=N–C) groups is 1. The van der Waals surface area contributed by atoms with E-state index >= 15 is 0 Å². The minimum absolute atomic E-state index is 0.205. The fourth-order valence-corrected chi connectivity index (χ4v) is 1.16. The number of hydrogen-bond acceptors (Lipinski definition) is 3. The van der Waals surface area contributed by atoms with Gasteiger partial charge in [0, 0.05) is 23.9 Å². The zero-order chi connectivity index (χ0) is 9.14. The van der Waals surface area contributed by atoms with Gasteiger partial charge in [-0.15, -0.1) is 0 Å². The lowest BCUT2D eigenvalue weighted by Gasteiger charge is -2.22. The first-order chi connectivity index (χ1) is 5.58. The van der Waals surface area contributed by atoms with Crippen LogP contribution in [-0.2, 0) is 0 Å². The molecule has 4 nitrogen and oxygen atoms in total. The van der Waals surface area contributed by atoms with Crippen LogP contribution < -0.4 is 10.9 Å². The molecule has 0 saturated carbocycles. The summed E-state index contributed by atoms with van der Waals surface area (Å²) in [5.41, 5.74) is 5.37. The highest BCUT2D eigenvalue weighted by molar-refractivity contribution is 6.31. The molecule has 6 heteroatoms. The zero-order valence-corrected chi connectivity index (χ0v) is 8.32. The van der Waals surface area contributed by atoms with E-state index in [9.17, 15) is 0 Å². The molecule has 0 atom stereocenters. The van der Waals surface area contributed by atoms with E-state index in [2.05, 4.69) is 15.8 Å². The Kier molecular flexibility index (Phi) is 3.20. The Bertz CT molecular complexity index is 224. The number of nitrogens with one attached hydrogen (secondary N) is 2. The number of rotatable bonds is 1. The summed E-state index contributed by atoms with van der Waals surface area (Å²) in [5, 5.41) is 0.433. The van der Waals surface area contributed by atoms with Gasteiger partial charge >= 0.3 is 0 Å². The second kappa shape index (κ2) is 3.98. The Balaban J connectivity index is 2.73. The minimum atomic E-state index is 0.205. The molecule has 0 unspecified atom stereocenters. The zero-order valence-electron chi connectivity index (χ0n) is 6.81. The van der Waals surface area contributed by atoms with Crippen molar-refractivity contribution in [2.24, 2.45) is 4.99 Å². The monoisotopic (exact) mass is 208 g/mol. The predicted octanol–water partition coefficient (Wildman–Crippen LogP) is 1.35. The largest absolute Gasteiger partial charge is 0.276 e. The number of hydrogen-bond donors (Lipinski definition) is 2. The van der Waals surface area contributed by atoms with Gasteiger partial charge in [-0.3, -0.25) is 15.8 Å². The van der Waals surface area contributed by atoms with Crippen molar-refractivity contribution < 1.29 is 0 Å². The van der Waals surface area contributed by atoms with Gasteiger partial charge in [0.2, 0.25) is 0 Å². The van der Waals surface area contributed by atoms with E-state index in [1.165, 1.54) is 0 Å². The first-order valence-electron chi connectivity index (χ1n) is 3.52. The second-order valence-electron chi connectivity index (χ2n) is 2.60. The van der Waals surface area contributed by atoms with Gasteiger partial charge in [-0.2, -0.15) is 0 Å². The van der Waals surface area contributed by atoms with Crippen LogP contribution >= 0.6 is 23.4 Å². The maximum Gasteiger partial charge on any atom is 0.141 e. The summed E-state index contributed by atoms with van der Waals surface area (Å²) in [6.07, 6.45) is 1.67. The molecule has 0 amide bonds. The van der Waals surface area contributed by atoms with Crippen molar-refractivity contribution in [2.75, 3.05) is 0 Å². The molecule has 2 N–H and O–H groups in total. The summed E-state index contributed by atoms with van der Waals surface area (Å²) in [6, 6.07) is 0.205. The van der Waals surface area contributed by atoms with Gasteiger partial charge in [0.1, 0.15) is 11.0 Å². The van der Waals surface area contributed by atoms with Gasteiger partial charge in [-0.05, 0) is 18.5 Å². The molecule has 1 rings (SSSR count). The quantitative estimate of drug-likeness (QED) is 0.505. The molecule has 1 aliphatic rings. The van der Waals surface area contributed by atoms with E-state index in [-0.39, 0.29) is 6.04 Å². The molecule has 1 aliphatic heterocycles. The third-order valence-corrected chi connectivity index (χ3v) is 1.44. The van der Waals surface area contributed by atoms with Gasteiger partial charge in [0.05, 0.1) is 0 Å². The fraction of sp³-hybridized carbons (Fsp3) is 0.500. The third-order valence-electron chi connectivity index (χ3n) is 1.08. The van der Waals surface area contributed by atoms with Crippen LogP contribution in [0.4, 0.5) is 0 Å². The molecular formula is C6H10Cl2N4. The summed E-state index contributed by atoms with van der Waals surface area (Å²) in [4.78, 5) is 4.22. The second-order valence-corrected chi connectivity index (χ2v) is 3.35. The summed E-state index contributed by atoms with van der Waals surface area (Å²) >= 11 is 11.3. The first kappa shape index (κ1) is 9.64. The van der Waals surface area contributed by atoms with Crippen LogP contribution in [0.1, 0.15) is 13.8 Å². The number of hydrazine groups is 2. The van der Waals surface area contributed by atoms with Crippen LogP contribution in [0, 0.1) is 0 Å². The molecule has 68 valence electrons. The Hall–Kier alpha value is -0.450. The van der Waals surface area contributed by atoms with Crippen molar-refractivity contribution in [3.63, 3.8) is 0 Å². The Labute approximate surface area is 81.3 Å². The Morgan fingerprint density at radius 1 is 1.50 bits per heavy atom. The van der Waals surface area contributed by atoms with E-state index in [0.717, 1.165) is 4.64 Å². The summed E-state index contributed by atoms with van der Waals surface area (Å²) in [5.74, 6) is 0.642. The lowest BCUT2D eigenvalue weighted by atomic mass is 10.4. The lowest BCUT2D eigenvalue weighted by Crippen LogP contribution is -2.46. The molecule has 0 radical (unpaired) electrons. The number of amidine groups is 1. The van der Waals surface area contributed by atoms with E-state index in [4.69, 9.17) is 23.4 Å². The third kappa shape index (κ3) is 2.89. The number of halogens is 2. The Morgan fingerprint density at radius 3 is 2.67 bits per heavy atom. The molecule has 0 aromatic carbocycles. The molecule has 0 saturated heterocycles. The molecule has 0 aliphatic carbocycles. The van der Waals surface area contributed by atoms with Crippen molar-refractivity contribution in [3.8, 4) is 0 Å². The van der Waals surface area contributed by atoms with Crippen LogP contribution in [0.3, 0.4) is 0 Å². The van der Waals surface area contributed by atoms with Gasteiger partial charge < -0.3 is 0 Å². The highest BCUT2D eigenvalue weighted by Crippen LogP contribution is 2.04. The van der Waals surface area contributed by atoms with Crippen molar-refractivity contribution in [1.82, 2.24) is 15.5 Å². The van der Waals surface area contributed by atoms with Crippen LogP contribution in [0.2, 0.25) is 0 Å². The average molecular weight is 209 g/mol. The molecule has 1 heterocycles. The van der Waals surface area contributed by atoms with Crippen molar-refractivity contribution in [2.45, 2.75) is 19.9 Å². The maximum atomic E-state index is 5.69. The summed E-state index contributed by atoms with van der Waals surface area (Å²) in [7, 11) is 0. The fourth-order valence-electron chi connectivity index (χ4n) is 0.751. The van der Waals surface area contributed by atoms with Crippen molar-refractivity contribution in [3.05, 3.63) is 11.2 Å². The predicted molar refractivity (Wildman–Crippen MR) is 50.5 cm³/mol. The topological polar surface area (TPSA) is 39.7 Å². The van der Waals surface area contributed by atoms with E-state index in [1.54, 1.807) is 6.08 Å². The number of nitrogens with zero attached hydrogens (tertiary/aromatic N) is 2. The smallest absolute Gasteiger partial charge is 0.141 e. The SMILES string of the molecule is CC(C)N=C1C=C(Cl)NN(Cl)N1. The van der Waals surface area contributed by atoms with Crippen LogP contribution in [0.5, 0.6) is 0 Å². The minimum Gasteiger partial charge on any atom is -0.276 e. The summed E-state index contributed by atoms with van der Waals surface area (Å²) in [6.45, 7) is 3.94. The van der Waals surface area contributed by atoms with E-state index in [0.29, 0.717) is 11.0 Å². The standard InChI is InChI=1S/C6H10Cl2N4/c1-4(2)9-6-3-5(7)10-12(8)11-6/h3-4,10H,1-2H3,(H,9,11). The van der Waals surface area contributed by atoms with E-state index in [1.807, 2.05) is 13.8 Å². The summed E-state index contributed by atoms with van der Waals surface area (Å²) < 4.78 is 1.13. The molecule has 0 aromatic heterocycles.